The van der Waals surface area contributed by atoms with Gasteiger partial charge in [0.05, 0.1) is 0 Å². The first-order chi connectivity index (χ1) is 17.8. The Balaban J connectivity index is 0. The van der Waals surface area contributed by atoms with Crippen molar-refractivity contribution in [3.8, 4) is 4.21 Å². The second kappa shape index (κ2) is 23.2. The molecule has 0 aromatic heterocycles. The van der Waals surface area contributed by atoms with E-state index in [2.05, 4.69) is 146 Å². The van der Waals surface area contributed by atoms with E-state index in [1.807, 2.05) is 0 Å². The first-order valence-electron chi connectivity index (χ1n) is 12.7. The Morgan fingerprint density at radius 2 is 0.921 bits per heavy atom. The molecule has 212 valence electrons. The maximum absolute atomic E-state index is 7.50. The van der Waals surface area contributed by atoms with Gasteiger partial charge in [0, 0.05) is 0 Å². The van der Waals surface area contributed by atoms with Crippen LogP contribution in [0, 0.1) is 10.9 Å². The SMILES string of the molecule is CC(C)(C)[Si](O[C]#[Ta])(c1ccccc1)c1ccccc1.CP(C)CCP(C)C.CP(C)CCP(C)C.[C-]#[O+]. The van der Waals surface area contributed by atoms with Crippen molar-refractivity contribution in [1.29, 1.82) is 0 Å². The molecule has 2 rings (SSSR count). The van der Waals surface area contributed by atoms with Gasteiger partial charge in [-0.15, -0.1) is 31.7 Å². The van der Waals surface area contributed by atoms with Crippen LogP contribution in [0.4, 0.5) is 0 Å². The first-order valence-corrected chi connectivity index (χ1v) is 26.0. The Labute approximate surface area is 253 Å². The molecule has 0 unspecified atom stereocenters. The average Bonchev–Trinajstić information content (AvgIpc) is 2.87. The van der Waals surface area contributed by atoms with Crippen molar-refractivity contribution >= 4 is 50.4 Å². The van der Waals surface area contributed by atoms with Gasteiger partial charge in [0.25, 0.3) is 0 Å². The second-order valence-electron chi connectivity index (χ2n) is 11.1. The summed E-state index contributed by atoms with van der Waals surface area (Å²) in [5.41, 5.74) is 0. The Morgan fingerprint density at radius 1 is 0.658 bits per heavy atom. The van der Waals surface area contributed by atoms with Gasteiger partial charge < -0.3 is 0 Å². The van der Waals surface area contributed by atoms with Gasteiger partial charge in [0.1, 0.15) is 0 Å². The molecular formula is C30H51O2P4SiTa. The van der Waals surface area contributed by atoms with Crippen molar-refractivity contribution in [2.24, 2.45) is 0 Å². The topological polar surface area (TPSA) is 29.1 Å². The van der Waals surface area contributed by atoms with E-state index in [0.717, 1.165) is 20.4 Å². The number of hydrogen-bond acceptors (Lipinski definition) is 1. The van der Waals surface area contributed by atoms with E-state index in [9.17, 15) is 0 Å². The second-order valence-corrected chi connectivity index (χ2v) is 26.4. The molecular weight excluding hydrogens is 725 g/mol. The quantitative estimate of drug-likeness (QED) is 0.110. The predicted molar refractivity (Wildman–Crippen MR) is 181 cm³/mol. The molecule has 0 bridgehead atoms. The summed E-state index contributed by atoms with van der Waals surface area (Å²) >= 11 is 1.02. The fourth-order valence-corrected chi connectivity index (χ4v) is 15.5. The fourth-order valence-electron chi connectivity index (χ4n) is 3.52. The van der Waals surface area contributed by atoms with Gasteiger partial charge in [-0.2, -0.15) is 0 Å². The summed E-state index contributed by atoms with van der Waals surface area (Å²) < 4.78 is 16.9. The molecule has 2 nitrogen and oxygen atoms in total. The van der Waals surface area contributed by atoms with Crippen LogP contribution in [0.1, 0.15) is 20.8 Å². The minimum absolute atomic E-state index is 0.0443. The first kappa shape index (κ1) is 40.7. The standard InChI is InChI=1S/C17H19OSi.2C6H16P2.CO.Ta/c1-17(2,3)19(18-4,15-11-7-5-8-12-15)16-13-9-6-10-14-16;2*1-7(2)5-6-8(3)4;1-2;/h5-14H,1-3H3;2*5-6H2,1-4H3;;. The van der Waals surface area contributed by atoms with Crippen LogP contribution in [0.5, 0.6) is 0 Å². The third kappa shape index (κ3) is 17.4. The predicted octanol–water partition coefficient (Wildman–Crippen LogP) is 7.93. The molecule has 0 heterocycles. The molecule has 0 atom stereocenters. The Bertz CT molecular complexity index is 822. The summed E-state index contributed by atoms with van der Waals surface area (Å²) in [6.07, 6.45) is 5.92. The van der Waals surface area contributed by atoms with Crippen LogP contribution in [0.2, 0.25) is 5.04 Å². The summed E-state index contributed by atoms with van der Waals surface area (Å²) in [7, 11) is -0.800. The van der Waals surface area contributed by atoms with Gasteiger partial charge in [-0.3, -0.25) is 0 Å². The summed E-state index contributed by atoms with van der Waals surface area (Å²) in [5.74, 6) is 0. The van der Waals surface area contributed by atoms with E-state index < -0.39 is 8.32 Å². The van der Waals surface area contributed by atoms with Crippen molar-refractivity contribution in [1.82, 2.24) is 0 Å². The van der Waals surface area contributed by atoms with Crippen molar-refractivity contribution in [2.75, 3.05) is 78.0 Å². The average molecular weight is 777 g/mol. The van der Waals surface area contributed by atoms with Crippen molar-refractivity contribution in [2.45, 2.75) is 25.8 Å². The van der Waals surface area contributed by atoms with Crippen LogP contribution in [-0.2, 0) is 29.5 Å². The molecule has 0 fully saturated rings. The van der Waals surface area contributed by atoms with E-state index >= 15 is 0 Å². The van der Waals surface area contributed by atoms with Gasteiger partial charge >= 0.3 is 146 Å². The van der Waals surface area contributed by atoms with Gasteiger partial charge in [0.15, 0.2) is 0 Å². The van der Waals surface area contributed by atoms with Crippen LogP contribution in [0.25, 0.3) is 0 Å². The summed E-state index contributed by atoms with van der Waals surface area (Å²) in [6.45, 7) is 30.2. The molecule has 0 saturated carbocycles. The van der Waals surface area contributed by atoms with Gasteiger partial charge in [-0.1, -0.05) is 0 Å². The van der Waals surface area contributed by atoms with Crippen molar-refractivity contribution < 1.29 is 29.5 Å². The molecule has 0 radical (unpaired) electrons. The Kier molecular flexibility index (Phi) is 24.9. The molecule has 8 heteroatoms. The van der Waals surface area contributed by atoms with E-state index in [1.165, 1.54) is 35.0 Å². The molecule has 38 heavy (non-hydrogen) atoms. The van der Waals surface area contributed by atoms with Crippen LogP contribution in [0.3, 0.4) is 0 Å². The van der Waals surface area contributed by atoms with Crippen molar-refractivity contribution in [3.63, 3.8) is 0 Å². The number of hydrogen-bond donors (Lipinski definition) is 0. The van der Waals surface area contributed by atoms with Crippen molar-refractivity contribution in [3.05, 3.63) is 67.3 Å². The van der Waals surface area contributed by atoms with E-state index in [0.29, 0.717) is 31.7 Å². The van der Waals surface area contributed by atoms with Crippen LogP contribution in [-0.4, -0.2) is 86.3 Å². The molecule has 0 aliphatic carbocycles. The van der Waals surface area contributed by atoms with Gasteiger partial charge in [0.2, 0.25) is 0 Å². The van der Waals surface area contributed by atoms with Gasteiger partial charge in [-0.25, -0.2) is 0 Å². The molecule has 2 aromatic carbocycles. The third-order valence-electron chi connectivity index (χ3n) is 5.60. The van der Waals surface area contributed by atoms with Crippen LogP contribution >= 0.6 is 31.7 Å². The maximum atomic E-state index is 7.50. The summed E-state index contributed by atoms with van der Waals surface area (Å²) in [6, 6.07) is 21.3. The van der Waals surface area contributed by atoms with Crippen LogP contribution < -0.4 is 10.4 Å². The molecule has 0 aliphatic heterocycles. The van der Waals surface area contributed by atoms with Gasteiger partial charge in [-0.05, 0) is 78.0 Å². The van der Waals surface area contributed by atoms with E-state index in [1.54, 1.807) is 0 Å². The number of rotatable bonds is 9. The normalized spacial score (nSPS) is 11.1. The molecule has 0 spiro atoms. The zero-order valence-electron chi connectivity index (χ0n) is 25.7. The molecule has 0 N–H and O–H groups in total. The fraction of sp³-hybridized carbons (Fsp3) is 0.533. The zero-order valence-corrected chi connectivity index (χ0v) is 33.4. The Morgan fingerprint density at radius 3 is 1.11 bits per heavy atom. The molecule has 0 saturated heterocycles. The Hall–Kier alpha value is 0.597. The van der Waals surface area contributed by atoms with E-state index in [4.69, 9.17) is 9.08 Å². The summed E-state index contributed by atoms with van der Waals surface area (Å²) in [5, 5.41) is 2.65. The monoisotopic (exact) mass is 776 g/mol. The van der Waals surface area contributed by atoms with Crippen LogP contribution in [0.15, 0.2) is 60.7 Å². The minimum atomic E-state index is -2.33. The molecule has 0 aliphatic rings. The number of benzene rings is 2. The third-order valence-corrected chi connectivity index (χ3v) is 16.6. The zero-order chi connectivity index (χ0) is 29.8. The molecule has 2 aromatic rings. The molecule has 0 amide bonds. The van der Waals surface area contributed by atoms with E-state index in [-0.39, 0.29) is 5.04 Å². The summed E-state index contributed by atoms with van der Waals surface area (Å²) in [4.78, 5) is 0.